The molecule has 0 heterocycles. The Morgan fingerprint density at radius 3 is 2.86 bits per heavy atom. The zero-order chi connectivity index (χ0) is 9.97. The maximum atomic E-state index is 10.7. The van der Waals surface area contributed by atoms with Gasteiger partial charge < -0.3 is 10.1 Å². The number of carbonyl (C=O) groups is 1. The fourth-order valence-corrected chi connectivity index (χ4v) is 1.31. The van der Waals surface area contributed by atoms with Crippen molar-refractivity contribution in [2.75, 3.05) is 12.4 Å². The molecule has 1 aliphatic carbocycles. The molecule has 1 fully saturated rings. The second-order valence-electron chi connectivity index (χ2n) is 3.43. The SMILES string of the molecule is CNc1cc(OC2CC2)ccc1C=O. The fourth-order valence-electron chi connectivity index (χ4n) is 1.31. The summed E-state index contributed by atoms with van der Waals surface area (Å²) in [6.45, 7) is 0. The Labute approximate surface area is 83.1 Å². The summed E-state index contributed by atoms with van der Waals surface area (Å²) < 4.78 is 5.61. The minimum absolute atomic E-state index is 0.391. The molecule has 14 heavy (non-hydrogen) atoms. The fraction of sp³-hybridized carbons (Fsp3) is 0.364. The summed E-state index contributed by atoms with van der Waals surface area (Å²) in [5, 5.41) is 2.97. The lowest BCUT2D eigenvalue weighted by atomic mass is 10.2. The van der Waals surface area contributed by atoms with E-state index in [0.29, 0.717) is 11.7 Å². The van der Waals surface area contributed by atoms with Crippen LogP contribution in [-0.4, -0.2) is 19.4 Å². The van der Waals surface area contributed by atoms with Crippen LogP contribution in [-0.2, 0) is 0 Å². The Balaban J connectivity index is 2.20. The minimum atomic E-state index is 0.391. The van der Waals surface area contributed by atoms with Crippen molar-refractivity contribution in [3.05, 3.63) is 23.8 Å². The van der Waals surface area contributed by atoms with Gasteiger partial charge in [0.2, 0.25) is 0 Å². The zero-order valence-corrected chi connectivity index (χ0v) is 8.12. The van der Waals surface area contributed by atoms with Crippen molar-refractivity contribution in [1.29, 1.82) is 0 Å². The minimum Gasteiger partial charge on any atom is -0.490 e. The second kappa shape index (κ2) is 3.70. The third-order valence-corrected chi connectivity index (χ3v) is 2.25. The normalized spacial score (nSPS) is 14.9. The summed E-state index contributed by atoms with van der Waals surface area (Å²) in [5.74, 6) is 0.836. The first kappa shape index (κ1) is 9.06. The largest absolute Gasteiger partial charge is 0.490 e. The monoisotopic (exact) mass is 191 g/mol. The molecule has 1 aliphatic rings. The van der Waals surface area contributed by atoms with Gasteiger partial charge in [-0.1, -0.05) is 0 Å². The van der Waals surface area contributed by atoms with E-state index in [1.165, 1.54) is 0 Å². The summed E-state index contributed by atoms with van der Waals surface area (Å²) in [7, 11) is 1.79. The van der Waals surface area contributed by atoms with Crippen LogP contribution in [0.3, 0.4) is 0 Å². The van der Waals surface area contributed by atoms with Crippen LogP contribution >= 0.6 is 0 Å². The van der Waals surface area contributed by atoms with Gasteiger partial charge >= 0.3 is 0 Å². The van der Waals surface area contributed by atoms with E-state index in [-0.39, 0.29) is 0 Å². The van der Waals surface area contributed by atoms with Crippen LogP contribution in [0, 0.1) is 0 Å². The molecule has 2 rings (SSSR count). The molecule has 0 unspecified atom stereocenters. The molecule has 0 radical (unpaired) electrons. The highest BCUT2D eigenvalue weighted by molar-refractivity contribution is 5.84. The lowest BCUT2D eigenvalue weighted by molar-refractivity contribution is 0.112. The molecule has 3 heteroatoms. The number of ether oxygens (including phenoxy) is 1. The Morgan fingerprint density at radius 1 is 1.50 bits per heavy atom. The molecule has 0 amide bonds. The molecule has 1 aromatic carbocycles. The highest BCUT2D eigenvalue weighted by atomic mass is 16.5. The van der Waals surface area contributed by atoms with Crippen molar-refractivity contribution in [3.63, 3.8) is 0 Å². The number of hydrogen-bond donors (Lipinski definition) is 1. The van der Waals surface area contributed by atoms with Crippen LogP contribution in [0.4, 0.5) is 5.69 Å². The van der Waals surface area contributed by atoms with E-state index in [9.17, 15) is 4.79 Å². The highest BCUT2D eigenvalue weighted by Gasteiger charge is 2.23. The van der Waals surface area contributed by atoms with Gasteiger partial charge in [-0.3, -0.25) is 4.79 Å². The summed E-state index contributed by atoms with van der Waals surface area (Å²) in [4.78, 5) is 10.7. The van der Waals surface area contributed by atoms with Crippen molar-refractivity contribution in [3.8, 4) is 5.75 Å². The van der Waals surface area contributed by atoms with Crippen molar-refractivity contribution in [2.45, 2.75) is 18.9 Å². The number of rotatable bonds is 4. The molecular weight excluding hydrogens is 178 g/mol. The van der Waals surface area contributed by atoms with Crippen LogP contribution in [0.1, 0.15) is 23.2 Å². The average molecular weight is 191 g/mol. The third-order valence-electron chi connectivity index (χ3n) is 2.25. The molecule has 0 aromatic heterocycles. The summed E-state index contributed by atoms with van der Waals surface area (Å²) >= 11 is 0. The number of aldehydes is 1. The molecule has 0 spiro atoms. The van der Waals surface area contributed by atoms with Gasteiger partial charge in [0, 0.05) is 24.4 Å². The Kier molecular flexibility index (Phi) is 2.39. The van der Waals surface area contributed by atoms with Gasteiger partial charge in [0.1, 0.15) is 5.75 Å². The maximum Gasteiger partial charge on any atom is 0.152 e. The molecule has 0 bridgehead atoms. The first-order valence-corrected chi connectivity index (χ1v) is 4.77. The van der Waals surface area contributed by atoms with Crippen LogP contribution in [0.25, 0.3) is 0 Å². The van der Waals surface area contributed by atoms with Crippen LogP contribution < -0.4 is 10.1 Å². The number of benzene rings is 1. The highest BCUT2D eigenvalue weighted by Crippen LogP contribution is 2.29. The predicted molar refractivity (Wildman–Crippen MR) is 55.0 cm³/mol. The van der Waals surface area contributed by atoms with Crippen molar-refractivity contribution < 1.29 is 9.53 Å². The third kappa shape index (κ3) is 1.87. The summed E-state index contributed by atoms with van der Waals surface area (Å²) in [5.41, 5.74) is 1.48. The van der Waals surface area contributed by atoms with Gasteiger partial charge in [-0.05, 0) is 25.0 Å². The van der Waals surface area contributed by atoms with Gasteiger partial charge in [0.05, 0.1) is 6.10 Å². The van der Waals surface area contributed by atoms with Gasteiger partial charge in [-0.15, -0.1) is 0 Å². The van der Waals surface area contributed by atoms with Crippen molar-refractivity contribution >= 4 is 12.0 Å². The topological polar surface area (TPSA) is 38.3 Å². The first-order chi connectivity index (χ1) is 6.83. The smallest absolute Gasteiger partial charge is 0.152 e. The van der Waals surface area contributed by atoms with E-state index in [0.717, 1.165) is 30.6 Å². The number of carbonyl (C=O) groups excluding carboxylic acids is 1. The quantitative estimate of drug-likeness (QED) is 0.740. The van der Waals surface area contributed by atoms with Crippen LogP contribution in [0.2, 0.25) is 0 Å². The molecule has 0 aliphatic heterocycles. The maximum absolute atomic E-state index is 10.7. The van der Waals surface area contributed by atoms with Gasteiger partial charge in [-0.2, -0.15) is 0 Å². The first-order valence-electron chi connectivity index (χ1n) is 4.77. The number of anilines is 1. The molecule has 1 saturated carbocycles. The zero-order valence-electron chi connectivity index (χ0n) is 8.12. The van der Waals surface area contributed by atoms with E-state index in [1.807, 2.05) is 12.1 Å². The molecule has 0 saturated heterocycles. The van der Waals surface area contributed by atoms with E-state index in [1.54, 1.807) is 13.1 Å². The molecule has 0 atom stereocenters. The standard InChI is InChI=1S/C11H13NO2/c1-12-11-6-10(14-9-4-5-9)3-2-8(11)7-13/h2-3,6-7,9,12H,4-5H2,1H3. The molecular formula is C11H13NO2. The summed E-state index contributed by atoms with van der Waals surface area (Å²) in [6.07, 6.45) is 3.52. The lowest BCUT2D eigenvalue weighted by Gasteiger charge is -2.08. The summed E-state index contributed by atoms with van der Waals surface area (Å²) in [6, 6.07) is 5.47. The van der Waals surface area contributed by atoms with Gasteiger partial charge in [-0.25, -0.2) is 0 Å². The Bertz CT molecular complexity index is 345. The van der Waals surface area contributed by atoms with Crippen LogP contribution in [0.5, 0.6) is 5.75 Å². The molecule has 3 nitrogen and oxygen atoms in total. The van der Waals surface area contributed by atoms with Crippen molar-refractivity contribution in [2.24, 2.45) is 0 Å². The molecule has 1 aromatic rings. The lowest BCUT2D eigenvalue weighted by Crippen LogP contribution is -1.99. The Hall–Kier alpha value is -1.51. The average Bonchev–Trinajstić information content (AvgIpc) is 3.01. The van der Waals surface area contributed by atoms with E-state index in [4.69, 9.17) is 4.74 Å². The van der Waals surface area contributed by atoms with E-state index >= 15 is 0 Å². The van der Waals surface area contributed by atoms with Gasteiger partial charge in [0.25, 0.3) is 0 Å². The van der Waals surface area contributed by atoms with Crippen molar-refractivity contribution in [1.82, 2.24) is 0 Å². The number of nitrogens with one attached hydrogen (secondary N) is 1. The van der Waals surface area contributed by atoms with Gasteiger partial charge in [0.15, 0.2) is 6.29 Å². The van der Waals surface area contributed by atoms with E-state index < -0.39 is 0 Å². The molecule has 74 valence electrons. The number of hydrogen-bond acceptors (Lipinski definition) is 3. The second-order valence-corrected chi connectivity index (χ2v) is 3.43. The van der Waals surface area contributed by atoms with Crippen LogP contribution in [0.15, 0.2) is 18.2 Å². The van der Waals surface area contributed by atoms with E-state index in [2.05, 4.69) is 5.32 Å². The Morgan fingerprint density at radius 2 is 2.29 bits per heavy atom. The molecule has 1 N–H and O–H groups in total. The predicted octanol–water partition coefficient (Wildman–Crippen LogP) is 2.08.